The SMILES string of the molecule is CCNCc1ccc(OCC2CCCCC2)nc1. The number of aromatic nitrogens is 1. The largest absolute Gasteiger partial charge is 0.477 e. The third-order valence-electron chi connectivity index (χ3n) is 3.57. The van der Waals surface area contributed by atoms with Crippen LogP contribution in [0.1, 0.15) is 44.6 Å². The molecule has 3 nitrogen and oxygen atoms in total. The Hall–Kier alpha value is -1.09. The van der Waals surface area contributed by atoms with Crippen LogP contribution >= 0.6 is 0 Å². The van der Waals surface area contributed by atoms with E-state index in [4.69, 9.17) is 4.74 Å². The molecule has 1 N–H and O–H groups in total. The van der Waals surface area contributed by atoms with Gasteiger partial charge in [-0.25, -0.2) is 4.98 Å². The minimum atomic E-state index is 0.738. The molecule has 0 spiro atoms. The Morgan fingerprint density at radius 2 is 2.11 bits per heavy atom. The van der Waals surface area contributed by atoms with Crippen molar-refractivity contribution in [2.75, 3.05) is 13.2 Å². The van der Waals surface area contributed by atoms with Crippen molar-refractivity contribution in [1.82, 2.24) is 10.3 Å². The third-order valence-corrected chi connectivity index (χ3v) is 3.57. The summed E-state index contributed by atoms with van der Waals surface area (Å²) in [5.74, 6) is 1.50. The quantitative estimate of drug-likeness (QED) is 0.839. The van der Waals surface area contributed by atoms with Crippen LogP contribution in [0.4, 0.5) is 0 Å². The van der Waals surface area contributed by atoms with Crippen molar-refractivity contribution in [3.63, 3.8) is 0 Å². The number of nitrogens with zero attached hydrogens (tertiary/aromatic N) is 1. The van der Waals surface area contributed by atoms with Gasteiger partial charge in [-0.3, -0.25) is 0 Å². The molecule has 1 heterocycles. The molecular weight excluding hydrogens is 224 g/mol. The molecule has 1 aliphatic carbocycles. The maximum absolute atomic E-state index is 5.77. The third kappa shape index (κ3) is 4.30. The molecule has 0 aromatic carbocycles. The average molecular weight is 248 g/mol. The molecule has 1 saturated carbocycles. The lowest BCUT2D eigenvalue weighted by Gasteiger charge is -2.21. The molecule has 0 aliphatic heterocycles. The summed E-state index contributed by atoms with van der Waals surface area (Å²) in [5, 5.41) is 3.29. The highest BCUT2D eigenvalue weighted by Gasteiger charge is 2.14. The fourth-order valence-electron chi connectivity index (χ4n) is 2.43. The molecule has 0 bridgehead atoms. The molecule has 0 amide bonds. The summed E-state index contributed by atoms with van der Waals surface area (Å²) in [6.45, 7) is 4.81. The number of hydrogen-bond acceptors (Lipinski definition) is 3. The fourth-order valence-corrected chi connectivity index (χ4v) is 2.43. The van der Waals surface area contributed by atoms with Gasteiger partial charge in [0, 0.05) is 18.8 Å². The first-order valence-corrected chi connectivity index (χ1v) is 7.17. The van der Waals surface area contributed by atoms with Gasteiger partial charge >= 0.3 is 0 Å². The molecule has 2 rings (SSSR count). The van der Waals surface area contributed by atoms with Gasteiger partial charge in [0.25, 0.3) is 0 Å². The Balaban J connectivity index is 1.75. The summed E-state index contributed by atoms with van der Waals surface area (Å²) in [4.78, 5) is 4.35. The van der Waals surface area contributed by atoms with Crippen LogP contribution in [0.25, 0.3) is 0 Å². The lowest BCUT2D eigenvalue weighted by atomic mass is 9.90. The summed E-state index contributed by atoms with van der Waals surface area (Å²) >= 11 is 0. The highest BCUT2D eigenvalue weighted by atomic mass is 16.5. The van der Waals surface area contributed by atoms with E-state index < -0.39 is 0 Å². The van der Waals surface area contributed by atoms with E-state index in [9.17, 15) is 0 Å². The molecule has 1 fully saturated rings. The van der Waals surface area contributed by atoms with Gasteiger partial charge in [0.1, 0.15) is 0 Å². The van der Waals surface area contributed by atoms with Crippen molar-refractivity contribution in [2.45, 2.75) is 45.6 Å². The second-order valence-corrected chi connectivity index (χ2v) is 5.10. The van der Waals surface area contributed by atoms with E-state index in [-0.39, 0.29) is 0 Å². The maximum atomic E-state index is 5.77. The molecular formula is C15H24N2O. The van der Waals surface area contributed by atoms with E-state index in [1.807, 2.05) is 12.3 Å². The molecule has 0 unspecified atom stereocenters. The van der Waals surface area contributed by atoms with Gasteiger partial charge in [0.05, 0.1) is 6.61 Å². The number of nitrogens with one attached hydrogen (secondary N) is 1. The Morgan fingerprint density at radius 1 is 1.28 bits per heavy atom. The Bertz CT molecular complexity index is 331. The normalized spacial score (nSPS) is 16.7. The van der Waals surface area contributed by atoms with E-state index in [0.29, 0.717) is 0 Å². The molecule has 1 aliphatic rings. The smallest absolute Gasteiger partial charge is 0.213 e. The number of hydrogen-bond donors (Lipinski definition) is 1. The van der Waals surface area contributed by atoms with Gasteiger partial charge in [-0.2, -0.15) is 0 Å². The van der Waals surface area contributed by atoms with Crippen molar-refractivity contribution < 1.29 is 4.74 Å². The van der Waals surface area contributed by atoms with Crippen LogP contribution in [0.15, 0.2) is 18.3 Å². The van der Waals surface area contributed by atoms with E-state index in [1.165, 1.54) is 37.7 Å². The van der Waals surface area contributed by atoms with Gasteiger partial charge in [0.15, 0.2) is 0 Å². The van der Waals surface area contributed by atoms with Crippen LogP contribution in [0, 0.1) is 5.92 Å². The molecule has 18 heavy (non-hydrogen) atoms. The lowest BCUT2D eigenvalue weighted by Crippen LogP contribution is -2.16. The summed E-state index contributed by atoms with van der Waals surface area (Å²) in [6, 6.07) is 4.07. The summed E-state index contributed by atoms with van der Waals surface area (Å²) < 4.78 is 5.77. The number of rotatable bonds is 6. The molecule has 3 heteroatoms. The number of pyridine rings is 1. The zero-order valence-electron chi connectivity index (χ0n) is 11.3. The van der Waals surface area contributed by atoms with Gasteiger partial charge in [0.2, 0.25) is 5.88 Å². The second kappa shape index (κ2) is 7.37. The van der Waals surface area contributed by atoms with Crippen molar-refractivity contribution in [2.24, 2.45) is 5.92 Å². The summed E-state index contributed by atoms with van der Waals surface area (Å²) in [6.07, 6.45) is 8.66. The Labute approximate surface area is 110 Å². The van der Waals surface area contributed by atoms with Crippen molar-refractivity contribution in [1.29, 1.82) is 0 Å². The maximum Gasteiger partial charge on any atom is 0.213 e. The molecule has 0 radical (unpaired) electrons. The molecule has 1 aromatic heterocycles. The minimum absolute atomic E-state index is 0.738. The lowest BCUT2D eigenvalue weighted by molar-refractivity contribution is 0.203. The molecule has 0 saturated heterocycles. The highest BCUT2D eigenvalue weighted by molar-refractivity contribution is 5.17. The zero-order valence-corrected chi connectivity index (χ0v) is 11.3. The molecule has 1 aromatic rings. The predicted molar refractivity (Wildman–Crippen MR) is 73.7 cm³/mol. The van der Waals surface area contributed by atoms with Gasteiger partial charge in [-0.1, -0.05) is 32.3 Å². The van der Waals surface area contributed by atoms with Crippen LogP contribution < -0.4 is 10.1 Å². The molecule has 100 valence electrons. The van der Waals surface area contributed by atoms with E-state index in [2.05, 4.69) is 23.3 Å². The van der Waals surface area contributed by atoms with Crippen molar-refractivity contribution in [3.05, 3.63) is 23.9 Å². The monoisotopic (exact) mass is 248 g/mol. The van der Waals surface area contributed by atoms with E-state index in [0.717, 1.165) is 31.5 Å². The minimum Gasteiger partial charge on any atom is -0.477 e. The summed E-state index contributed by atoms with van der Waals surface area (Å²) in [7, 11) is 0. The van der Waals surface area contributed by atoms with Gasteiger partial charge < -0.3 is 10.1 Å². The van der Waals surface area contributed by atoms with Crippen LogP contribution in [0.2, 0.25) is 0 Å². The molecule has 0 atom stereocenters. The summed E-state index contributed by atoms with van der Waals surface area (Å²) in [5.41, 5.74) is 1.21. The fraction of sp³-hybridized carbons (Fsp3) is 0.667. The predicted octanol–water partition coefficient (Wildman–Crippen LogP) is 3.15. The van der Waals surface area contributed by atoms with E-state index in [1.54, 1.807) is 0 Å². The second-order valence-electron chi connectivity index (χ2n) is 5.10. The van der Waals surface area contributed by atoms with Crippen LogP contribution in [-0.2, 0) is 6.54 Å². The van der Waals surface area contributed by atoms with E-state index >= 15 is 0 Å². The van der Waals surface area contributed by atoms with Gasteiger partial charge in [-0.05, 0) is 30.9 Å². The zero-order chi connectivity index (χ0) is 12.6. The number of ether oxygens (including phenoxy) is 1. The highest BCUT2D eigenvalue weighted by Crippen LogP contribution is 2.24. The first-order valence-electron chi connectivity index (χ1n) is 7.17. The van der Waals surface area contributed by atoms with Crippen molar-refractivity contribution >= 4 is 0 Å². The first kappa shape index (κ1) is 13.3. The average Bonchev–Trinajstić information content (AvgIpc) is 2.45. The topological polar surface area (TPSA) is 34.1 Å². The Morgan fingerprint density at radius 3 is 2.78 bits per heavy atom. The van der Waals surface area contributed by atoms with Crippen molar-refractivity contribution in [3.8, 4) is 5.88 Å². The van der Waals surface area contributed by atoms with Crippen LogP contribution in [0.3, 0.4) is 0 Å². The standard InChI is InChI=1S/C15H24N2O/c1-2-16-10-14-8-9-15(17-11-14)18-12-13-6-4-3-5-7-13/h8-9,11,13,16H,2-7,10,12H2,1H3. The van der Waals surface area contributed by atoms with Crippen LogP contribution in [0.5, 0.6) is 5.88 Å². The Kier molecular flexibility index (Phi) is 5.46. The van der Waals surface area contributed by atoms with Gasteiger partial charge in [-0.15, -0.1) is 0 Å². The first-order chi connectivity index (χ1) is 8.88. The van der Waals surface area contributed by atoms with Crippen LogP contribution in [-0.4, -0.2) is 18.1 Å².